The van der Waals surface area contributed by atoms with E-state index in [4.69, 9.17) is 14.2 Å². The van der Waals surface area contributed by atoms with Crippen LogP contribution in [-0.2, 0) is 11.3 Å². The van der Waals surface area contributed by atoms with E-state index in [1.165, 1.54) is 17.3 Å². The van der Waals surface area contributed by atoms with E-state index in [1.54, 1.807) is 18.9 Å². The number of rotatable bonds is 10. The summed E-state index contributed by atoms with van der Waals surface area (Å²) in [5, 5.41) is 22.9. The minimum absolute atomic E-state index is 0.201. The van der Waals surface area contributed by atoms with Crippen molar-refractivity contribution in [3.8, 4) is 17.2 Å². The average molecular weight is 431 g/mol. The van der Waals surface area contributed by atoms with Crippen LogP contribution in [0.4, 0.5) is 0 Å². The largest absolute Gasteiger partial charge is 0.493 e. The Hall–Kier alpha value is -2.62. The third kappa shape index (κ3) is 5.29. The van der Waals surface area contributed by atoms with E-state index in [0.29, 0.717) is 29.0 Å². The second-order valence-corrected chi connectivity index (χ2v) is 7.75. The molecule has 3 rings (SSSR count). The van der Waals surface area contributed by atoms with E-state index < -0.39 is 6.10 Å². The number of ether oxygens (including phenoxy) is 3. The van der Waals surface area contributed by atoms with Gasteiger partial charge in [0.15, 0.2) is 11.5 Å². The van der Waals surface area contributed by atoms with Crippen molar-refractivity contribution in [3.63, 3.8) is 0 Å². The minimum Gasteiger partial charge on any atom is -0.493 e. The number of benzene rings is 2. The Morgan fingerprint density at radius 3 is 2.67 bits per heavy atom. The van der Waals surface area contributed by atoms with Crippen LogP contribution >= 0.6 is 11.8 Å². The van der Waals surface area contributed by atoms with Crippen molar-refractivity contribution in [2.45, 2.75) is 31.7 Å². The van der Waals surface area contributed by atoms with Crippen molar-refractivity contribution in [1.82, 2.24) is 20.2 Å². The molecule has 0 saturated carbocycles. The van der Waals surface area contributed by atoms with Crippen LogP contribution in [0.1, 0.15) is 16.7 Å². The van der Waals surface area contributed by atoms with Crippen LogP contribution < -0.4 is 9.47 Å². The molecule has 0 amide bonds. The van der Waals surface area contributed by atoms with E-state index in [2.05, 4.69) is 28.5 Å². The van der Waals surface area contributed by atoms with E-state index in [1.807, 2.05) is 37.3 Å². The molecule has 3 aromatic rings. The van der Waals surface area contributed by atoms with E-state index in [-0.39, 0.29) is 6.61 Å². The van der Waals surface area contributed by atoms with Gasteiger partial charge in [0.1, 0.15) is 0 Å². The number of tetrazole rings is 1. The molecule has 0 spiro atoms. The summed E-state index contributed by atoms with van der Waals surface area (Å²) in [6.45, 7) is 4.65. The molecule has 1 N–H and O–H groups in total. The highest BCUT2D eigenvalue weighted by Gasteiger charge is 2.14. The second kappa shape index (κ2) is 10.4. The topological polar surface area (TPSA) is 91.5 Å². The average Bonchev–Trinajstić information content (AvgIpc) is 3.22. The minimum atomic E-state index is -0.654. The number of methoxy groups -OCH3 is 2. The molecule has 0 radical (unpaired) electrons. The first-order valence-electron chi connectivity index (χ1n) is 9.48. The molecule has 1 heterocycles. The van der Waals surface area contributed by atoms with E-state index in [0.717, 1.165) is 16.8 Å². The Morgan fingerprint density at radius 1 is 1.10 bits per heavy atom. The lowest BCUT2D eigenvalue weighted by Gasteiger charge is -2.13. The molecule has 0 saturated heterocycles. The molecular formula is C21H26N4O4S. The van der Waals surface area contributed by atoms with Gasteiger partial charge in [-0.15, -0.1) is 5.10 Å². The number of hydrogen-bond acceptors (Lipinski definition) is 8. The van der Waals surface area contributed by atoms with E-state index >= 15 is 0 Å². The number of nitrogens with zero attached hydrogens (tertiary/aromatic N) is 4. The van der Waals surface area contributed by atoms with Gasteiger partial charge in [0.25, 0.3) is 0 Å². The molecule has 0 aliphatic carbocycles. The molecule has 0 fully saturated rings. The summed E-state index contributed by atoms with van der Waals surface area (Å²) >= 11 is 1.39. The molecule has 1 unspecified atom stereocenters. The zero-order valence-electron chi connectivity index (χ0n) is 17.5. The van der Waals surface area contributed by atoms with Gasteiger partial charge in [-0.2, -0.15) is 4.68 Å². The Balaban J connectivity index is 1.52. The van der Waals surface area contributed by atoms with Gasteiger partial charge in [-0.3, -0.25) is 0 Å². The molecule has 160 valence electrons. The maximum Gasteiger partial charge on any atom is 0.214 e. The maximum absolute atomic E-state index is 10.3. The van der Waals surface area contributed by atoms with Crippen LogP contribution in [0.25, 0.3) is 5.69 Å². The normalized spacial score (nSPS) is 12.0. The lowest BCUT2D eigenvalue weighted by atomic mass is 10.1. The quantitative estimate of drug-likeness (QED) is 0.491. The van der Waals surface area contributed by atoms with Gasteiger partial charge in [-0.1, -0.05) is 30.0 Å². The number of thioether (sulfide) groups is 1. The van der Waals surface area contributed by atoms with Crippen molar-refractivity contribution in [1.29, 1.82) is 0 Å². The molecule has 9 heteroatoms. The SMILES string of the molecule is COc1ccc(COCC(O)CSc2nnnn2-c2cccc(C)c2C)cc1OC. The van der Waals surface area contributed by atoms with Gasteiger partial charge in [-0.05, 0) is 59.2 Å². The molecule has 8 nitrogen and oxygen atoms in total. The highest BCUT2D eigenvalue weighted by molar-refractivity contribution is 7.99. The number of aromatic nitrogens is 4. The van der Waals surface area contributed by atoms with Crippen molar-refractivity contribution >= 4 is 11.8 Å². The fourth-order valence-corrected chi connectivity index (χ4v) is 3.68. The van der Waals surface area contributed by atoms with Crippen molar-refractivity contribution in [2.75, 3.05) is 26.6 Å². The van der Waals surface area contributed by atoms with Crippen molar-refractivity contribution in [3.05, 3.63) is 53.1 Å². The van der Waals surface area contributed by atoms with Crippen LogP contribution in [0.5, 0.6) is 11.5 Å². The monoisotopic (exact) mass is 430 g/mol. The summed E-state index contributed by atoms with van der Waals surface area (Å²) in [6.07, 6.45) is -0.654. The second-order valence-electron chi connectivity index (χ2n) is 6.76. The number of hydrogen-bond donors (Lipinski definition) is 1. The fourth-order valence-electron chi connectivity index (χ4n) is 2.89. The maximum atomic E-state index is 10.3. The zero-order chi connectivity index (χ0) is 21.5. The molecule has 1 atom stereocenters. The Morgan fingerprint density at radius 2 is 1.90 bits per heavy atom. The lowest BCUT2D eigenvalue weighted by molar-refractivity contribution is 0.0397. The van der Waals surface area contributed by atoms with Crippen molar-refractivity contribution in [2.24, 2.45) is 0 Å². The van der Waals surface area contributed by atoms with Gasteiger partial charge < -0.3 is 19.3 Å². The first-order valence-corrected chi connectivity index (χ1v) is 10.5. The summed E-state index contributed by atoms with van der Waals surface area (Å²) in [5.41, 5.74) is 4.15. The third-order valence-corrected chi connectivity index (χ3v) is 5.74. The molecule has 0 bridgehead atoms. The molecule has 0 aliphatic heterocycles. The Labute approximate surface area is 180 Å². The number of aliphatic hydroxyl groups excluding tert-OH is 1. The van der Waals surface area contributed by atoms with Crippen LogP contribution in [0, 0.1) is 13.8 Å². The van der Waals surface area contributed by atoms with Gasteiger partial charge in [0, 0.05) is 5.75 Å². The number of aryl methyl sites for hydroxylation is 1. The van der Waals surface area contributed by atoms with Gasteiger partial charge in [0.05, 0.1) is 39.2 Å². The lowest BCUT2D eigenvalue weighted by Crippen LogP contribution is -2.18. The molecule has 30 heavy (non-hydrogen) atoms. The predicted octanol–water partition coefficient (Wildman–Crippen LogP) is 2.97. The first-order chi connectivity index (χ1) is 14.5. The Kier molecular flexibility index (Phi) is 7.67. The molecule has 1 aromatic heterocycles. The highest BCUT2D eigenvalue weighted by atomic mass is 32.2. The van der Waals surface area contributed by atoms with Gasteiger partial charge in [0.2, 0.25) is 5.16 Å². The Bertz CT molecular complexity index is 979. The molecular weight excluding hydrogens is 404 g/mol. The van der Waals surface area contributed by atoms with Crippen molar-refractivity contribution < 1.29 is 19.3 Å². The third-order valence-electron chi connectivity index (χ3n) is 4.68. The summed E-state index contributed by atoms with van der Waals surface area (Å²) in [5.74, 6) is 1.73. The van der Waals surface area contributed by atoms with Gasteiger partial charge >= 0.3 is 0 Å². The summed E-state index contributed by atoms with van der Waals surface area (Å²) in [6, 6.07) is 11.6. The fraction of sp³-hybridized carbons (Fsp3) is 0.381. The first kappa shape index (κ1) is 22.1. The highest BCUT2D eigenvalue weighted by Crippen LogP contribution is 2.28. The smallest absolute Gasteiger partial charge is 0.214 e. The summed E-state index contributed by atoms with van der Waals surface area (Å²) < 4.78 is 17.9. The van der Waals surface area contributed by atoms with Crippen LogP contribution in [-0.4, -0.2) is 58.0 Å². The molecule has 0 aliphatic rings. The van der Waals surface area contributed by atoms with Crippen LogP contribution in [0.2, 0.25) is 0 Å². The predicted molar refractivity (Wildman–Crippen MR) is 115 cm³/mol. The summed E-state index contributed by atoms with van der Waals surface area (Å²) in [7, 11) is 3.19. The number of aliphatic hydroxyl groups is 1. The summed E-state index contributed by atoms with van der Waals surface area (Å²) in [4.78, 5) is 0. The van der Waals surface area contributed by atoms with Crippen LogP contribution in [0.15, 0.2) is 41.6 Å². The zero-order valence-corrected chi connectivity index (χ0v) is 18.3. The van der Waals surface area contributed by atoms with Crippen LogP contribution in [0.3, 0.4) is 0 Å². The standard InChI is InChI=1S/C21H26N4O4S/c1-14-6-5-7-18(15(14)2)25-21(22-23-24-25)30-13-17(26)12-29-11-16-8-9-19(27-3)20(10-16)28-4/h5-10,17,26H,11-13H2,1-4H3. The van der Waals surface area contributed by atoms with E-state index in [9.17, 15) is 5.11 Å². The molecule has 2 aromatic carbocycles. The van der Waals surface area contributed by atoms with Gasteiger partial charge in [-0.25, -0.2) is 0 Å².